The molecule has 100 valence electrons. The van der Waals surface area contributed by atoms with Gasteiger partial charge in [-0.1, -0.05) is 42.5 Å². The lowest BCUT2D eigenvalue weighted by Gasteiger charge is -2.11. The molecule has 0 fully saturated rings. The lowest BCUT2D eigenvalue weighted by molar-refractivity contribution is 0.876. The number of para-hydroxylation sites is 2. The number of thioether (sulfide) groups is 1. The maximum absolute atomic E-state index is 12.7. The van der Waals surface area contributed by atoms with Crippen molar-refractivity contribution in [2.24, 2.45) is 0 Å². The second-order valence-electron chi connectivity index (χ2n) is 4.47. The molecule has 0 amide bonds. The molecule has 0 radical (unpaired) electrons. The normalized spacial score (nSPS) is 10.8. The summed E-state index contributed by atoms with van der Waals surface area (Å²) in [5.74, 6) is 0.627. The molecule has 0 unspecified atom stereocenters. The van der Waals surface area contributed by atoms with Crippen molar-refractivity contribution in [1.29, 1.82) is 0 Å². The van der Waals surface area contributed by atoms with Gasteiger partial charge >= 0.3 is 0 Å². The predicted molar refractivity (Wildman–Crippen MR) is 85.0 cm³/mol. The van der Waals surface area contributed by atoms with Crippen molar-refractivity contribution in [2.75, 3.05) is 6.26 Å². The topological polar surface area (TPSA) is 34.9 Å². The first-order valence-electron chi connectivity index (χ1n) is 6.35. The zero-order valence-electron chi connectivity index (χ0n) is 11.1. The zero-order chi connectivity index (χ0) is 13.9. The van der Waals surface area contributed by atoms with Crippen LogP contribution in [0.4, 0.5) is 0 Å². The van der Waals surface area contributed by atoms with Crippen molar-refractivity contribution < 1.29 is 0 Å². The maximum atomic E-state index is 12.7. The second kappa shape index (κ2) is 5.51. The highest BCUT2D eigenvalue weighted by molar-refractivity contribution is 7.97. The molecule has 3 rings (SSSR count). The van der Waals surface area contributed by atoms with Gasteiger partial charge in [-0.2, -0.15) is 0 Å². The Morgan fingerprint density at radius 2 is 1.75 bits per heavy atom. The van der Waals surface area contributed by atoms with E-state index in [0.717, 1.165) is 16.6 Å². The summed E-state index contributed by atoms with van der Waals surface area (Å²) in [6.07, 6.45) is 1.99. The fraction of sp³-hybridized carbons (Fsp3) is 0.125. The number of fused-ring (bicyclic) bond motifs is 1. The predicted octanol–water partition coefficient (Wildman–Crippen LogP) is 3.38. The van der Waals surface area contributed by atoms with Gasteiger partial charge in [0.25, 0.3) is 5.56 Å². The first-order valence-corrected chi connectivity index (χ1v) is 7.74. The number of hydrogen-bond donors (Lipinski definition) is 0. The van der Waals surface area contributed by atoms with Crippen LogP contribution < -0.4 is 5.56 Å². The molecule has 0 bridgehead atoms. The minimum atomic E-state index is -0.0377. The van der Waals surface area contributed by atoms with E-state index in [4.69, 9.17) is 0 Å². The van der Waals surface area contributed by atoms with E-state index in [2.05, 4.69) is 4.98 Å². The van der Waals surface area contributed by atoms with E-state index < -0.39 is 0 Å². The number of rotatable bonds is 3. The minimum Gasteiger partial charge on any atom is -0.295 e. The Kier molecular flexibility index (Phi) is 3.56. The van der Waals surface area contributed by atoms with Crippen molar-refractivity contribution in [3.63, 3.8) is 0 Å². The van der Waals surface area contributed by atoms with Crippen LogP contribution in [0.5, 0.6) is 0 Å². The smallest absolute Gasteiger partial charge is 0.278 e. The van der Waals surface area contributed by atoms with Crippen LogP contribution in [0.2, 0.25) is 0 Å². The van der Waals surface area contributed by atoms with Gasteiger partial charge in [0.1, 0.15) is 5.69 Å². The monoisotopic (exact) mass is 282 g/mol. The molecule has 0 spiro atoms. The summed E-state index contributed by atoms with van der Waals surface area (Å²) < 4.78 is 1.79. The molecule has 3 aromatic rings. The van der Waals surface area contributed by atoms with Gasteiger partial charge in [0, 0.05) is 5.56 Å². The summed E-state index contributed by atoms with van der Waals surface area (Å²) in [7, 11) is 0. The average Bonchev–Trinajstić information content (AvgIpc) is 2.51. The number of benzene rings is 2. The highest BCUT2D eigenvalue weighted by atomic mass is 32.2. The molecular weight excluding hydrogens is 268 g/mol. The third-order valence-electron chi connectivity index (χ3n) is 3.16. The molecule has 3 nitrogen and oxygen atoms in total. The Balaban J connectivity index is 2.34. The Morgan fingerprint density at radius 1 is 1.05 bits per heavy atom. The van der Waals surface area contributed by atoms with Crippen LogP contribution in [-0.4, -0.2) is 15.8 Å². The molecule has 20 heavy (non-hydrogen) atoms. The third kappa shape index (κ3) is 2.23. The van der Waals surface area contributed by atoms with Crippen LogP contribution in [0, 0.1) is 0 Å². The fourth-order valence-corrected chi connectivity index (χ4v) is 2.75. The van der Waals surface area contributed by atoms with Crippen LogP contribution in [-0.2, 0) is 5.88 Å². The van der Waals surface area contributed by atoms with E-state index >= 15 is 0 Å². The van der Waals surface area contributed by atoms with E-state index in [1.807, 2.05) is 60.9 Å². The van der Waals surface area contributed by atoms with E-state index in [1.165, 1.54) is 0 Å². The molecule has 2 aromatic carbocycles. The van der Waals surface area contributed by atoms with Gasteiger partial charge in [-0.15, -0.1) is 11.8 Å². The van der Waals surface area contributed by atoms with Crippen LogP contribution in [0.15, 0.2) is 59.4 Å². The Labute approximate surface area is 121 Å². The molecule has 0 saturated carbocycles. The largest absolute Gasteiger partial charge is 0.295 e. The molecular formula is C16H14N2OS. The molecule has 0 atom stereocenters. The number of aromatic nitrogens is 2. The summed E-state index contributed by atoms with van der Waals surface area (Å²) in [4.78, 5) is 17.2. The van der Waals surface area contributed by atoms with Gasteiger partial charge in [-0.3, -0.25) is 9.36 Å². The molecule has 1 heterocycles. The lowest BCUT2D eigenvalue weighted by Crippen LogP contribution is -2.22. The van der Waals surface area contributed by atoms with Gasteiger partial charge in [0.2, 0.25) is 0 Å². The summed E-state index contributed by atoms with van der Waals surface area (Å²) in [5, 5.41) is 0. The van der Waals surface area contributed by atoms with E-state index in [1.54, 1.807) is 16.3 Å². The van der Waals surface area contributed by atoms with Crippen LogP contribution in [0.3, 0.4) is 0 Å². The van der Waals surface area contributed by atoms with Crippen molar-refractivity contribution in [1.82, 2.24) is 9.55 Å². The fourth-order valence-electron chi connectivity index (χ4n) is 2.23. The first-order chi connectivity index (χ1) is 9.81. The molecule has 4 heteroatoms. The first kappa shape index (κ1) is 12.9. The van der Waals surface area contributed by atoms with Crippen molar-refractivity contribution >= 4 is 22.8 Å². The van der Waals surface area contributed by atoms with Gasteiger partial charge in [0.05, 0.1) is 16.9 Å². The summed E-state index contributed by atoms with van der Waals surface area (Å²) >= 11 is 1.62. The molecule has 0 N–H and O–H groups in total. The minimum absolute atomic E-state index is 0.0377. The Morgan fingerprint density at radius 3 is 2.50 bits per heavy atom. The Hall–Kier alpha value is -2.07. The summed E-state index contributed by atoms with van der Waals surface area (Å²) in [6, 6.07) is 17.4. The SMILES string of the molecule is CSCn1c(=O)c(-c2ccccc2)nc2ccccc21. The van der Waals surface area contributed by atoms with Crippen LogP contribution in [0.25, 0.3) is 22.3 Å². The van der Waals surface area contributed by atoms with Crippen LogP contribution in [0.1, 0.15) is 0 Å². The molecule has 0 aliphatic rings. The average molecular weight is 282 g/mol. The number of nitrogens with zero attached hydrogens (tertiary/aromatic N) is 2. The van der Waals surface area contributed by atoms with Crippen molar-refractivity contribution in [3.8, 4) is 11.3 Å². The maximum Gasteiger partial charge on any atom is 0.278 e. The molecule has 0 saturated heterocycles. The highest BCUT2D eigenvalue weighted by Crippen LogP contribution is 2.18. The standard InChI is InChI=1S/C16H14N2OS/c1-20-11-18-14-10-6-5-9-13(14)17-15(16(18)19)12-7-3-2-4-8-12/h2-10H,11H2,1H3. The van der Waals surface area contributed by atoms with Gasteiger partial charge in [-0.25, -0.2) is 4.98 Å². The summed E-state index contributed by atoms with van der Waals surface area (Å²) in [6.45, 7) is 0. The van der Waals surface area contributed by atoms with Gasteiger partial charge in [-0.05, 0) is 18.4 Å². The Bertz CT molecular complexity index is 796. The highest BCUT2D eigenvalue weighted by Gasteiger charge is 2.11. The van der Waals surface area contributed by atoms with Gasteiger partial charge in [0.15, 0.2) is 0 Å². The molecule has 0 aliphatic carbocycles. The van der Waals surface area contributed by atoms with Gasteiger partial charge < -0.3 is 0 Å². The molecule has 0 aliphatic heterocycles. The number of hydrogen-bond acceptors (Lipinski definition) is 3. The van der Waals surface area contributed by atoms with E-state index in [-0.39, 0.29) is 5.56 Å². The van der Waals surface area contributed by atoms with E-state index in [0.29, 0.717) is 11.6 Å². The van der Waals surface area contributed by atoms with Crippen molar-refractivity contribution in [3.05, 3.63) is 65.0 Å². The van der Waals surface area contributed by atoms with E-state index in [9.17, 15) is 4.79 Å². The summed E-state index contributed by atoms with van der Waals surface area (Å²) in [5.41, 5.74) is 3.06. The lowest BCUT2D eigenvalue weighted by atomic mass is 10.1. The second-order valence-corrected chi connectivity index (χ2v) is 5.30. The van der Waals surface area contributed by atoms with Crippen molar-refractivity contribution in [2.45, 2.75) is 5.88 Å². The zero-order valence-corrected chi connectivity index (χ0v) is 11.9. The van der Waals surface area contributed by atoms with Crippen LogP contribution >= 0.6 is 11.8 Å². The molecule has 1 aromatic heterocycles. The third-order valence-corrected chi connectivity index (χ3v) is 3.67. The quantitative estimate of drug-likeness (QED) is 0.738.